The molecule has 2 N–H and O–H groups in total. The third-order valence-corrected chi connectivity index (χ3v) is 2.47. The van der Waals surface area contributed by atoms with E-state index in [1.54, 1.807) is 13.2 Å². The Morgan fingerprint density at radius 1 is 1.60 bits per heavy atom. The summed E-state index contributed by atoms with van der Waals surface area (Å²) in [4.78, 5) is 4.06. The summed E-state index contributed by atoms with van der Waals surface area (Å²) in [5.41, 5.74) is 6.26. The molecule has 0 aliphatic rings. The molecule has 82 valence electrons. The second kappa shape index (κ2) is 5.82. The molecule has 0 spiro atoms. The van der Waals surface area contributed by atoms with E-state index in [9.17, 15) is 4.39 Å². The maximum absolute atomic E-state index is 12.9. The molecule has 0 fully saturated rings. The van der Waals surface area contributed by atoms with Gasteiger partial charge in [0.2, 0.25) is 0 Å². The molecule has 0 saturated carbocycles. The van der Waals surface area contributed by atoms with Gasteiger partial charge in [-0.05, 0) is 18.2 Å². The molecule has 5 heteroatoms. The number of nitrogens with two attached hydrogens (primary N) is 1. The van der Waals surface area contributed by atoms with Crippen molar-refractivity contribution in [3.05, 3.63) is 34.1 Å². The predicted molar refractivity (Wildman–Crippen MR) is 61.6 cm³/mol. The molecule has 0 aliphatic heterocycles. The van der Waals surface area contributed by atoms with Crippen LogP contribution in [0.4, 0.5) is 4.39 Å². The number of halogens is 2. The van der Waals surface area contributed by atoms with E-state index in [1.807, 2.05) is 0 Å². The average molecular weight is 275 g/mol. The van der Waals surface area contributed by atoms with Gasteiger partial charge in [-0.1, -0.05) is 15.9 Å². The maximum Gasteiger partial charge on any atom is 0.126 e. The minimum absolute atomic E-state index is 0.304. The van der Waals surface area contributed by atoms with Crippen LogP contribution in [0.5, 0.6) is 0 Å². The van der Waals surface area contributed by atoms with Crippen LogP contribution in [0.15, 0.2) is 27.7 Å². The van der Waals surface area contributed by atoms with E-state index in [-0.39, 0.29) is 5.82 Å². The molecule has 0 unspecified atom stereocenters. The lowest BCUT2D eigenvalue weighted by atomic mass is 10.2. The number of amidine groups is 1. The van der Waals surface area contributed by atoms with Crippen molar-refractivity contribution >= 4 is 21.8 Å². The Bertz CT molecular complexity index is 368. The van der Waals surface area contributed by atoms with E-state index in [0.29, 0.717) is 24.6 Å². The summed E-state index contributed by atoms with van der Waals surface area (Å²) >= 11 is 3.28. The topological polar surface area (TPSA) is 47.6 Å². The van der Waals surface area contributed by atoms with Crippen LogP contribution < -0.4 is 5.73 Å². The molecule has 0 saturated heterocycles. The zero-order chi connectivity index (χ0) is 11.3. The van der Waals surface area contributed by atoms with Crippen molar-refractivity contribution < 1.29 is 9.13 Å². The van der Waals surface area contributed by atoms with Gasteiger partial charge >= 0.3 is 0 Å². The number of rotatable bonds is 4. The fourth-order valence-electron chi connectivity index (χ4n) is 1.04. The lowest BCUT2D eigenvalue weighted by Crippen LogP contribution is -2.15. The van der Waals surface area contributed by atoms with Crippen molar-refractivity contribution in [3.63, 3.8) is 0 Å². The van der Waals surface area contributed by atoms with Gasteiger partial charge in [-0.2, -0.15) is 0 Å². The summed E-state index contributed by atoms with van der Waals surface area (Å²) in [6.07, 6.45) is 0. The number of hydrogen-bond acceptors (Lipinski definition) is 2. The molecule has 0 bridgehead atoms. The number of ether oxygens (including phenoxy) is 1. The molecule has 1 aromatic carbocycles. The van der Waals surface area contributed by atoms with E-state index < -0.39 is 0 Å². The van der Waals surface area contributed by atoms with Crippen LogP contribution in [0.3, 0.4) is 0 Å². The van der Waals surface area contributed by atoms with Crippen LogP contribution >= 0.6 is 15.9 Å². The largest absolute Gasteiger partial charge is 0.383 e. The second-order valence-electron chi connectivity index (χ2n) is 2.88. The molecule has 0 atom stereocenters. The fraction of sp³-hybridized carbons (Fsp3) is 0.300. The normalized spacial score (nSPS) is 11.8. The Labute approximate surface area is 96.3 Å². The molecule has 0 aliphatic carbocycles. The van der Waals surface area contributed by atoms with Gasteiger partial charge in [0, 0.05) is 17.1 Å². The van der Waals surface area contributed by atoms with Gasteiger partial charge < -0.3 is 10.5 Å². The highest BCUT2D eigenvalue weighted by molar-refractivity contribution is 9.10. The summed E-state index contributed by atoms with van der Waals surface area (Å²) in [6, 6.07) is 4.30. The van der Waals surface area contributed by atoms with Crippen molar-refractivity contribution in [1.29, 1.82) is 0 Å². The van der Waals surface area contributed by atoms with E-state index in [1.165, 1.54) is 12.1 Å². The third-order valence-electron chi connectivity index (χ3n) is 1.78. The SMILES string of the molecule is COCCN=C(N)c1cc(F)ccc1Br. The standard InChI is InChI=1S/C10H12BrFN2O/c1-15-5-4-14-10(13)8-6-7(12)2-3-9(8)11/h2-3,6H,4-5H2,1H3,(H2,13,14). The molecule has 0 amide bonds. The van der Waals surface area contributed by atoms with Gasteiger partial charge in [-0.25, -0.2) is 4.39 Å². The molecule has 3 nitrogen and oxygen atoms in total. The van der Waals surface area contributed by atoms with Gasteiger partial charge in [-0.15, -0.1) is 0 Å². The quantitative estimate of drug-likeness (QED) is 0.518. The number of methoxy groups -OCH3 is 1. The Morgan fingerprint density at radius 3 is 3.00 bits per heavy atom. The van der Waals surface area contributed by atoms with Crippen molar-refractivity contribution in [2.75, 3.05) is 20.3 Å². The maximum atomic E-state index is 12.9. The smallest absolute Gasteiger partial charge is 0.126 e. The zero-order valence-corrected chi connectivity index (χ0v) is 9.92. The first kappa shape index (κ1) is 12.1. The second-order valence-corrected chi connectivity index (χ2v) is 3.74. The van der Waals surface area contributed by atoms with Gasteiger partial charge in [0.25, 0.3) is 0 Å². The Hall–Kier alpha value is -0.940. The summed E-state index contributed by atoms with van der Waals surface area (Å²) in [5, 5.41) is 0. The highest BCUT2D eigenvalue weighted by Gasteiger charge is 2.05. The van der Waals surface area contributed by atoms with Crippen molar-refractivity contribution in [2.24, 2.45) is 10.7 Å². The number of hydrogen-bond donors (Lipinski definition) is 1. The lowest BCUT2D eigenvalue weighted by Gasteiger charge is -2.04. The zero-order valence-electron chi connectivity index (χ0n) is 8.34. The van der Waals surface area contributed by atoms with E-state index >= 15 is 0 Å². The highest BCUT2D eigenvalue weighted by atomic mass is 79.9. The van der Waals surface area contributed by atoms with Crippen LogP contribution in [-0.2, 0) is 4.74 Å². The van der Waals surface area contributed by atoms with Crippen LogP contribution in [0.1, 0.15) is 5.56 Å². The first-order chi connectivity index (χ1) is 7.15. The lowest BCUT2D eigenvalue weighted by molar-refractivity contribution is 0.208. The molecule has 1 rings (SSSR count). The number of benzene rings is 1. The van der Waals surface area contributed by atoms with Crippen LogP contribution in [0.2, 0.25) is 0 Å². The Balaban J connectivity index is 2.85. The molecule has 1 aromatic rings. The van der Waals surface area contributed by atoms with Crippen LogP contribution in [0, 0.1) is 5.82 Å². The molecule has 15 heavy (non-hydrogen) atoms. The fourth-order valence-corrected chi connectivity index (χ4v) is 1.49. The average Bonchev–Trinajstić information content (AvgIpc) is 2.22. The van der Waals surface area contributed by atoms with Crippen LogP contribution in [-0.4, -0.2) is 26.1 Å². The molecular weight excluding hydrogens is 263 g/mol. The summed E-state index contributed by atoms with van der Waals surface area (Å²) < 4.78 is 18.5. The van der Waals surface area contributed by atoms with Crippen LogP contribution in [0.25, 0.3) is 0 Å². The summed E-state index contributed by atoms with van der Waals surface area (Å²) in [7, 11) is 1.59. The predicted octanol–water partition coefficient (Wildman–Crippen LogP) is 1.94. The molecule has 0 radical (unpaired) electrons. The van der Waals surface area contributed by atoms with E-state index in [0.717, 1.165) is 4.47 Å². The minimum atomic E-state index is -0.335. The third kappa shape index (κ3) is 3.60. The van der Waals surface area contributed by atoms with Crippen molar-refractivity contribution in [3.8, 4) is 0 Å². The van der Waals surface area contributed by atoms with Crippen molar-refractivity contribution in [2.45, 2.75) is 0 Å². The highest BCUT2D eigenvalue weighted by Crippen LogP contribution is 2.17. The Kier molecular flexibility index (Phi) is 4.71. The summed E-state index contributed by atoms with van der Waals surface area (Å²) in [6.45, 7) is 0.957. The molecule has 0 heterocycles. The molecular formula is C10H12BrFN2O. The summed E-state index contributed by atoms with van der Waals surface area (Å²) in [5.74, 6) is -0.0310. The van der Waals surface area contributed by atoms with Gasteiger partial charge in [-0.3, -0.25) is 4.99 Å². The van der Waals surface area contributed by atoms with Crippen molar-refractivity contribution in [1.82, 2.24) is 0 Å². The number of aliphatic imine (C=N–C) groups is 1. The van der Waals surface area contributed by atoms with Gasteiger partial charge in [0.15, 0.2) is 0 Å². The van der Waals surface area contributed by atoms with Gasteiger partial charge in [0.05, 0.1) is 13.2 Å². The monoisotopic (exact) mass is 274 g/mol. The first-order valence-corrected chi connectivity index (χ1v) is 5.18. The van der Waals surface area contributed by atoms with Gasteiger partial charge in [0.1, 0.15) is 11.7 Å². The minimum Gasteiger partial charge on any atom is -0.383 e. The Morgan fingerprint density at radius 2 is 2.33 bits per heavy atom. The first-order valence-electron chi connectivity index (χ1n) is 4.39. The van der Waals surface area contributed by atoms with E-state index in [2.05, 4.69) is 20.9 Å². The van der Waals surface area contributed by atoms with E-state index in [4.69, 9.17) is 10.5 Å². The molecule has 0 aromatic heterocycles. The number of nitrogens with zero attached hydrogens (tertiary/aromatic N) is 1.